The molecule has 1 aromatic carbocycles. The number of nitrogens with one attached hydrogen (secondary N) is 1. The second kappa shape index (κ2) is 7.96. The summed E-state index contributed by atoms with van der Waals surface area (Å²) in [5, 5.41) is 2.58. The molecule has 1 atom stereocenters. The Morgan fingerprint density at radius 2 is 2.11 bits per heavy atom. The molecule has 6 heteroatoms. The Morgan fingerprint density at radius 3 is 2.58 bits per heavy atom. The quantitative estimate of drug-likeness (QED) is 0.876. The molecule has 1 rings (SSSR count). The third-order valence-electron chi connectivity index (χ3n) is 2.48. The van der Waals surface area contributed by atoms with E-state index in [-0.39, 0.29) is 24.1 Å². The molecule has 0 aromatic heterocycles. The van der Waals surface area contributed by atoms with Gasteiger partial charge in [0.1, 0.15) is 0 Å². The van der Waals surface area contributed by atoms with Crippen LogP contribution in [0.3, 0.4) is 0 Å². The first-order valence-electron chi connectivity index (χ1n) is 5.84. The van der Waals surface area contributed by atoms with Gasteiger partial charge in [0.2, 0.25) is 5.91 Å². The fraction of sp³-hybridized carbons (Fsp3) is 0.462. The Kier molecular flexibility index (Phi) is 7.41. The van der Waals surface area contributed by atoms with Crippen LogP contribution in [0.5, 0.6) is 5.75 Å². The maximum absolute atomic E-state index is 13.4. The molecule has 0 unspecified atom stereocenters. The molecule has 0 aliphatic heterocycles. The fourth-order valence-corrected chi connectivity index (χ4v) is 1.59. The SMILES string of the molecule is COc1ccc(NC(=O)[C@@H](N)CC(C)C)cc1F.Cl. The van der Waals surface area contributed by atoms with E-state index in [0.29, 0.717) is 18.0 Å². The van der Waals surface area contributed by atoms with E-state index in [4.69, 9.17) is 10.5 Å². The van der Waals surface area contributed by atoms with Crippen molar-refractivity contribution in [3.63, 3.8) is 0 Å². The van der Waals surface area contributed by atoms with Crippen molar-refractivity contribution in [1.29, 1.82) is 0 Å². The Bertz CT molecular complexity index is 427. The van der Waals surface area contributed by atoms with Gasteiger partial charge in [-0.1, -0.05) is 13.8 Å². The average molecular weight is 291 g/mol. The smallest absolute Gasteiger partial charge is 0.241 e. The van der Waals surface area contributed by atoms with Gasteiger partial charge in [-0.25, -0.2) is 4.39 Å². The van der Waals surface area contributed by atoms with Gasteiger partial charge in [0.15, 0.2) is 11.6 Å². The zero-order valence-corrected chi connectivity index (χ0v) is 12.1. The first-order chi connectivity index (χ1) is 8.43. The van der Waals surface area contributed by atoms with Gasteiger partial charge in [-0.15, -0.1) is 12.4 Å². The Balaban J connectivity index is 0.00000324. The Morgan fingerprint density at radius 1 is 1.47 bits per heavy atom. The fourth-order valence-electron chi connectivity index (χ4n) is 1.59. The number of methoxy groups -OCH3 is 1. The number of nitrogens with two attached hydrogens (primary N) is 1. The van der Waals surface area contributed by atoms with Gasteiger partial charge in [0.25, 0.3) is 0 Å². The van der Waals surface area contributed by atoms with Crippen molar-refractivity contribution in [1.82, 2.24) is 0 Å². The molecule has 0 saturated heterocycles. The first-order valence-corrected chi connectivity index (χ1v) is 5.84. The summed E-state index contributed by atoms with van der Waals surface area (Å²) in [5.74, 6) is -0.362. The van der Waals surface area contributed by atoms with Crippen LogP contribution in [-0.4, -0.2) is 19.1 Å². The summed E-state index contributed by atoms with van der Waals surface area (Å²) >= 11 is 0. The van der Waals surface area contributed by atoms with Gasteiger partial charge in [-0.3, -0.25) is 4.79 Å². The number of hydrogen-bond acceptors (Lipinski definition) is 3. The second-order valence-corrected chi connectivity index (χ2v) is 4.57. The van der Waals surface area contributed by atoms with Crippen molar-refractivity contribution >= 4 is 24.0 Å². The van der Waals surface area contributed by atoms with Crippen molar-refractivity contribution in [2.45, 2.75) is 26.3 Å². The molecule has 0 spiro atoms. The molecule has 3 N–H and O–H groups in total. The van der Waals surface area contributed by atoms with Gasteiger partial charge in [0, 0.05) is 11.8 Å². The van der Waals surface area contributed by atoms with Crippen molar-refractivity contribution in [3.8, 4) is 5.75 Å². The summed E-state index contributed by atoms with van der Waals surface area (Å²) in [7, 11) is 1.38. The summed E-state index contributed by atoms with van der Waals surface area (Å²) < 4.78 is 18.2. The maximum atomic E-state index is 13.4. The highest BCUT2D eigenvalue weighted by Gasteiger charge is 2.15. The lowest BCUT2D eigenvalue weighted by Gasteiger charge is -2.14. The predicted octanol–water partition coefficient (Wildman–Crippen LogP) is 2.57. The van der Waals surface area contributed by atoms with Gasteiger partial charge < -0.3 is 15.8 Å². The Labute approximate surface area is 118 Å². The molecule has 1 amide bonds. The van der Waals surface area contributed by atoms with E-state index in [9.17, 15) is 9.18 Å². The van der Waals surface area contributed by atoms with E-state index in [1.807, 2.05) is 13.8 Å². The predicted molar refractivity (Wildman–Crippen MR) is 76.3 cm³/mol. The lowest BCUT2D eigenvalue weighted by Crippen LogP contribution is -2.36. The molecule has 19 heavy (non-hydrogen) atoms. The Hall–Kier alpha value is -1.33. The van der Waals surface area contributed by atoms with E-state index < -0.39 is 11.9 Å². The molecule has 108 valence electrons. The second-order valence-electron chi connectivity index (χ2n) is 4.57. The largest absolute Gasteiger partial charge is 0.494 e. The minimum absolute atomic E-state index is 0. The summed E-state index contributed by atoms with van der Waals surface area (Å²) in [4.78, 5) is 11.7. The normalized spacial score (nSPS) is 11.7. The molecule has 1 aromatic rings. The van der Waals surface area contributed by atoms with E-state index in [2.05, 4.69) is 5.32 Å². The van der Waals surface area contributed by atoms with Crippen molar-refractivity contribution in [3.05, 3.63) is 24.0 Å². The van der Waals surface area contributed by atoms with Crippen molar-refractivity contribution < 1.29 is 13.9 Å². The first kappa shape index (κ1) is 17.7. The molecule has 0 aliphatic carbocycles. The van der Waals surface area contributed by atoms with Crippen molar-refractivity contribution in [2.24, 2.45) is 11.7 Å². The zero-order chi connectivity index (χ0) is 13.7. The van der Waals surface area contributed by atoms with Crippen LogP contribution in [-0.2, 0) is 4.79 Å². The summed E-state index contributed by atoms with van der Waals surface area (Å²) in [6, 6.07) is 3.65. The number of amides is 1. The maximum Gasteiger partial charge on any atom is 0.241 e. The summed E-state index contributed by atoms with van der Waals surface area (Å²) in [5.41, 5.74) is 6.10. The number of carbonyl (C=O) groups excluding carboxylic acids is 1. The number of benzene rings is 1. The van der Waals surface area contributed by atoms with Gasteiger partial charge >= 0.3 is 0 Å². The molecule has 0 bridgehead atoms. The number of carbonyl (C=O) groups is 1. The van der Waals surface area contributed by atoms with Gasteiger partial charge in [-0.05, 0) is 24.5 Å². The molecule has 0 aliphatic rings. The van der Waals surface area contributed by atoms with E-state index in [1.165, 1.54) is 19.2 Å². The van der Waals surface area contributed by atoms with Crippen LogP contribution in [0, 0.1) is 11.7 Å². The number of rotatable bonds is 5. The number of ether oxygens (including phenoxy) is 1. The van der Waals surface area contributed by atoms with Gasteiger partial charge in [0.05, 0.1) is 13.2 Å². The standard InChI is InChI=1S/C13H19FN2O2.ClH/c1-8(2)6-11(15)13(17)16-9-4-5-12(18-3)10(14)7-9;/h4-5,7-8,11H,6,15H2,1-3H3,(H,16,17);1H/t11-;/m0./s1. The molecular weight excluding hydrogens is 271 g/mol. The number of halogens is 2. The van der Waals surface area contributed by atoms with E-state index in [0.717, 1.165) is 0 Å². The third-order valence-corrected chi connectivity index (χ3v) is 2.48. The van der Waals surface area contributed by atoms with Crippen LogP contribution >= 0.6 is 12.4 Å². The minimum atomic E-state index is -0.588. The molecule has 0 heterocycles. The monoisotopic (exact) mass is 290 g/mol. The van der Waals surface area contributed by atoms with E-state index >= 15 is 0 Å². The molecular formula is C13H20ClFN2O2. The van der Waals surface area contributed by atoms with E-state index in [1.54, 1.807) is 6.07 Å². The highest BCUT2D eigenvalue weighted by atomic mass is 35.5. The van der Waals surface area contributed by atoms with Crippen molar-refractivity contribution in [2.75, 3.05) is 12.4 Å². The highest BCUT2D eigenvalue weighted by molar-refractivity contribution is 5.94. The third kappa shape index (κ3) is 5.44. The highest BCUT2D eigenvalue weighted by Crippen LogP contribution is 2.20. The molecule has 0 fully saturated rings. The minimum Gasteiger partial charge on any atom is -0.494 e. The average Bonchev–Trinajstić information content (AvgIpc) is 2.28. The number of anilines is 1. The molecule has 4 nitrogen and oxygen atoms in total. The van der Waals surface area contributed by atoms with Crippen LogP contribution in [0.15, 0.2) is 18.2 Å². The topological polar surface area (TPSA) is 64.3 Å². The van der Waals surface area contributed by atoms with Crippen LogP contribution in [0.4, 0.5) is 10.1 Å². The summed E-state index contributed by atoms with van der Waals surface area (Å²) in [6.07, 6.45) is 0.588. The number of hydrogen-bond donors (Lipinski definition) is 2. The van der Waals surface area contributed by atoms with Gasteiger partial charge in [-0.2, -0.15) is 0 Å². The summed E-state index contributed by atoms with van der Waals surface area (Å²) in [6.45, 7) is 3.97. The molecule has 0 radical (unpaired) electrons. The lowest BCUT2D eigenvalue weighted by molar-refractivity contribution is -0.117. The lowest BCUT2D eigenvalue weighted by atomic mass is 10.0. The van der Waals surface area contributed by atoms with Crippen LogP contribution < -0.4 is 15.8 Å². The van der Waals surface area contributed by atoms with Crippen LogP contribution in [0.25, 0.3) is 0 Å². The van der Waals surface area contributed by atoms with Crippen LogP contribution in [0.1, 0.15) is 20.3 Å². The zero-order valence-electron chi connectivity index (χ0n) is 11.3. The molecule has 0 saturated carbocycles. The van der Waals surface area contributed by atoms with Crippen LogP contribution in [0.2, 0.25) is 0 Å².